The van der Waals surface area contributed by atoms with Gasteiger partial charge < -0.3 is 9.84 Å². The second-order valence-corrected chi connectivity index (χ2v) is 2.85. The Hall–Kier alpha value is -1.25. The van der Waals surface area contributed by atoms with Gasteiger partial charge in [-0.1, -0.05) is 12.2 Å². The molecule has 0 spiro atoms. The minimum absolute atomic E-state index is 0.00375. The minimum atomic E-state index is -1.12. The van der Waals surface area contributed by atoms with Crippen molar-refractivity contribution in [2.45, 2.75) is 19.3 Å². The van der Waals surface area contributed by atoms with Crippen LogP contribution in [0.2, 0.25) is 0 Å². The minimum Gasteiger partial charge on any atom is -0.515 e. The van der Waals surface area contributed by atoms with Gasteiger partial charge in [0.1, 0.15) is 0 Å². The topological polar surface area (TPSA) is 46.5 Å². The smallest absolute Gasteiger partial charge is 0.337 e. The molecule has 1 aliphatic rings. The summed E-state index contributed by atoms with van der Waals surface area (Å²) in [7, 11) is 1.24. The fourth-order valence-electron chi connectivity index (χ4n) is 1.32. The first-order valence-corrected chi connectivity index (χ1v) is 4.25. The zero-order chi connectivity index (χ0) is 10.6. The molecule has 0 fully saturated rings. The zero-order valence-electron chi connectivity index (χ0n) is 8.62. The summed E-state index contributed by atoms with van der Waals surface area (Å²) in [5.41, 5.74) is -0.00375. The zero-order valence-corrected chi connectivity index (χ0v) is 7.62. The number of allylic oxidation sites excluding steroid dienone is 2. The van der Waals surface area contributed by atoms with E-state index in [2.05, 4.69) is 4.74 Å². The maximum Gasteiger partial charge on any atom is 0.337 e. The van der Waals surface area contributed by atoms with Crippen LogP contribution < -0.4 is 0 Å². The highest BCUT2D eigenvalue weighted by Crippen LogP contribution is 2.24. The van der Waals surface area contributed by atoms with Crippen LogP contribution in [0, 0.1) is 5.89 Å². The van der Waals surface area contributed by atoms with Crippen molar-refractivity contribution in [3.05, 3.63) is 24.0 Å². The van der Waals surface area contributed by atoms with E-state index in [1.165, 1.54) is 7.11 Å². The Labute approximate surface area is 79.1 Å². The second-order valence-electron chi connectivity index (χ2n) is 2.85. The average Bonchev–Trinajstić information content (AvgIpc) is 2.19. The molecule has 0 bridgehead atoms. The standard InChI is InChI=1S/C10H14O3/c1-13-10(12)9(7-11)8-5-3-2-4-6-8/h3,5,7-8,11H,2,4,6H2,1H3/b9-7-/i8D. The molecule has 72 valence electrons. The molecule has 3 heteroatoms. The molecule has 0 aromatic rings. The number of carbonyl (C=O) groups excluding carboxylic acids is 1. The molecule has 0 saturated carbocycles. The molecular formula is C10H14O3. The third kappa shape index (κ3) is 2.34. The lowest BCUT2D eigenvalue weighted by molar-refractivity contribution is -0.136. The summed E-state index contributed by atoms with van der Waals surface area (Å²) in [5.74, 6) is -1.77. The van der Waals surface area contributed by atoms with Crippen molar-refractivity contribution in [2.75, 3.05) is 7.11 Å². The van der Waals surface area contributed by atoms with Crippen LogP contribution in [-0.4, -0.2) is 18.2 Å². The number of esters is 1. The van der Waals surface area contributed by atoms with Gasteiger partial charge in [-0.05, 0) is 19.3 Å². The summed E-state index contributed by atoms with van der Waals surface area (Å²) in [6, 6.07) is 0. The number of hydrogen-bond donors (Lipinski definition) is 1. The Balaban J connectivity index is 2.93. The van der Waals surface area contributed by atoms with Gasteiger partial charge in [0.15, 0.2) is 0 Å². The van der Waals surface area contributed by atoms with E-state index in [0.717, 1.165) is 12.8 Å². The molecule has 0 heterocycles. The quantitative estimate of drug-likeness (QED) is 0.308. The Morgan fingerprint density at radius 1 is 1.85 bits per heavy atom. The van der Waals surface area contributed by atoms with E-state index in [4.69, 9.17) is 6.48 Å². The lowest BCUT2D eigenvalue weighted by Crippen LogP contribution is -2.14. The molecule has 0 amide bonds. The van der Waals surface area contributed by atoms with Crippen LogP contribution in [0.15, 0.2) is 24.0 Å². The van der Waals surface area contributed by atoms with E-state index in [-0.39, 0.29) is 5.57 Å². The highest BCUT2D eigenvalue weighted by molar-refractivity contribution is 5.89. The van der Waals surface area contributed by atoms with E-state index in [1.54, 1.807) is 6.08 Å². The first kappa shape index (κ1) is 8.35. The molecule has 3 nitrogen and oxygen atoms in total. The summed E-state index contributed by atoms with van der Waals surface area (Å²) < 4.78 is 12.5. The number of aliphatic hydroxyl groups excluding tert-OH is 1. The summed E-state index contributed by atoms with van der Waals surface area (Å²) in [4.78, 5) is 11.2. The van der Waals surface area contributed by atoms with Gasteiger partial charge in [0.2, 0.25) is 0 Å². The summed E-state index contributed by atoms with van der Waals surface area (Å²) >= 11 is 0. The monoisotopic (exact) mass is 183 g/mol. The van der Waals surface area contributed by atoms with E-state index in [0.29, 0.717) is 12.7 Å². The highest BCUT2D eigenvalue weighted by atomic mass is 16.5. The van der Waals surface area contributed by atoms with Gasteiger partial charge in [0.25, 0.3) is 0 Å². The van der Waals surface area contributed by atoms with Gasteiger partial charge >= 0.3 is 5.97 Å². The van der Waals surface area contributed by atoms with Crippen molar-refractivity contribution in [3.63, 3.8) is 0 Å². The Bertz CT molecular complexity index is 283. The van der Waals surface area contributed by atoms with Crippen molar-refractivity contribution < 1.29 is 16.0 Å². The molecule has 1 rings (SSSR count). The van der Waals surface area contributed by atoms with Crippen molar-refractivity contribution in [1.82, 2.24) is 0 Å². The molecule has 0 saturated heterocycles. The van der Waals surface area contributed by atoms with E-state index < -0.39 is 11.9 Å². The Morgan fingerprint density at radius 3 is 3.08 bits per heavy atom. The molecule has 1 atom stereocenters. The van der Waals surface area contributed by atoms with E-state index in [9.17, 15) is 4.79 Å². The van der Waals surface area contributed by atoms with Gasteiger partial charge in [-0.2, -0.15) is 0 Å². The largest absolute Gasteiger partial charge is 0.515 e. The third-order valence-corrected chi connectivity index (χ3v) is 2.02. The Morgan fingerprint density at radius 2 is 2.62 bits per heavy atom. The van der Waals surface area contributed by atoms with Crippen LogP contribution in [0.3, 0.4) is 0 Å². The number of rotatable bonds is 2. The van der Waals surface area contributed by atoms with Gasteiger partial charge in [0, 0.05) is 7.26 Å². The third-order valence-electron chi connectivity index (χ3n) is 2.02. The van der Waals surface area contributed by atoms with E-state index in [1.807, 2.05) is 6.08 Å². The van der Waals surface area contributed by atoms with E-state index >= 15 is 0 Å². The lowest BCUT2D eigenvalue weighted by Gasteiger charge is -2.16. The van der Waals surface area contributed by atoms with Gasteiger partial charge in [-0.15, -0.1) is 0 Å². The van der Waals surface area contributed by atoms with Crippen LogP contribution in [0.5, 0.6) is 0 Å². The van der Waals surface area contributed by atoms with Crippen LogP contribution in [0.25, 0.3) is 0 Å². The fraction of sp³-hybridized carbons (Fsp3) is 0.500. The molecular weight excluding hydrogens is 168 g/mol. The molecule has 0 aliphatic heterocycles. The predicted molar refractivity (Wildman–Crippen MR) is 49.2 cm³/mol. The molecule has 1 aliphatic carbocycles. The summed E-state index contributed by atoms with van der Waals surface area (Å²) in [6.07, 6.45) is 6.45. The van der Waals surface area contributed by atoms with Gasteiger partial charge in [-0.25, -0.2) is 4.79 Å². The van der Waals surface area contributed by atoms with Crippen molar-refractivity contribution in [1.29, 1.82) is 0 Å². The van der Waals surface area contributed by atoms with Crippen LogP contribution in [0.4, 0.5) is 0 Å². The fourth-order valence-corrected chi connectivity index (χ4v) is 1.32. The molecule has 0 aromatic carbocycles. The number of methoxy groups -OCH3 is 1. The second kappa shape index (κ2) is 4.70. The Kier molecular flexibility index (Phi) is 3.02. The summed E-state index contributed by atoms with van der Waals surface area (Å²) in [6.45, 7) is 0. The number of carbonyl (C=O) groups is 1. The lowest BCUT2D eigenvalue weighted by atomic mass is 9.90. The maximum absolute atomic E-state index is 11.2. The van der Waals surface area contributed by atoms with Crippen molar-refractivity contribution in [3.8, 4) is 0 Å². The SMILES string of the molecule is [2H]C1(/C(=C/O)C(=O)OC)C=CCCC1. The molecule has 1 N–H and O–H groups in total. The van der Waals surface area contributed by atoms with Crippen molar-refractivity contribution in [2.24, 2.45) is 5.89 Å². The van der Waals surface area contributed by atoms with Crippen LogP contribution in [0.1, 0.15) is 20.6 Å². The average molecular weight is 183 g/mol. The molecule has 1 unspecified atom stereocenters. The number of hydrogen-bond acceptors (Lipinski definition) is 3. The van der Waals surface area contributed by atoms with Crippen LogP contribution >= 0.6 is 0 Å². The van der Waals surface area contributed by atoms with Gasteiger partial charge in [-0.3, -0.25) is 0 Å². The molecule has 0 radical (unpaired) electrons. The predicted octanol–water partition coefficient (Wildman–Crippen LogP) is 1.96. The first-order valence-electron chi connectivity index (χ1n) is 4.75. The highest BCUT2D eigenvalue weighted by Gasteiger charge is 2.20. The first-order chi connectivity index (χ1) is 6.64. The normalized spacial score (nSPS) is 29.6. The maximum atomic E-state index is 11.2. The molecule has 13 heavy (non-hydrogen) atoms. The summed E-state index contributed by atoms with van der Waals surface area (Å²) in [5, 5.41) is 8.93. The van der Waals surface area contributed by atoms with Gasteiger partial charge in [0.05, 0.1) is 18.9 Å². The number of ether oxygens (including phenoxy) is 1. The number of aliphatic hydroxyl groups is 1. The van der Waals surface area contributed by atoms with Crippen LogP contribution in [-0.2, 0) is 9.53 Å². The van der Waals surface area contributed by atoms with Crippen molar-refractivity contribution >= 4 is 5.97 Å². The molecule has 0 aromatic heterocycles.